The second kappa shape index (κ2) is 6.65. The van der Waals surface area contributed by atoms with Gasteiger partial charge in [-0.3, -0.25) is 0 Å². The van der Waals surface area contributed by atoms with E-state index < -0.39 is 15.8 Å². The average Bonchev–Trinajstić information content (AvgIpc) is 2.46. The maximum Gasteiger partial charge on any atom is 0.243 e. The lowest BCUT2D eigenvalue weighted by atomic mass is 10.1. The summed E-state index contributed by atoms with van der Waals surface area (Å²) in [4.78, 5) is 0.169. The van der Waals surface area contributed by atoms with Crippen molar-refractivity contribution >= 4 is 10.0 Å². The number of piperidine rings is 1. The summed E-state index contributed by atoms with van der Waals surface area (Å²) < 4.78 is 39.8. The van der Waals surface area contributed by atoms with Crippen LogP contribution in [0.5, 0.6) is 0 Å². The highest BCUT2D eigenvalue weighted by molar-refractivity contribution is 7.89. The van der Waals surface area contributed by atoms with Crippen LogP contribution in [0.15, 0.2) is 29.2 Å². The van der Waals surface area contributed by atoms with E-state index in [0.29, 0.717) is 13.1 Å². The van der Waals surface area contributed by atoms with E-state index in [-0.39, 0.29) is 10.9 Å². The summed E-state index contributed by atoms with van der Waals surface area (Å²) in [7, 11) is -3.53. The fourth-order valence-electron chi connectivity index (χ4n) is 2.55. The van der Waals surface area contributed by atoms with Gasteiger partial charge in [-0.15, -0.1) is 0 Å². The molecule has 20 heavy (non-hydrogen) atoms. The van der Waals surface area contributed by atoms with Crippen molar-refractivity contribution in [2.75, 3.05) is 19.6 Å². The summed E-state index contributed by atoms with van der Waals surface area (Å²) >= 11 is 0. The summed E-state index contributed by atoms with van der Waals surface area (Å²) in [6, 6.07) is 5.04. The molecule has 112 valence electrons. The van der Waals surface area contributed by atoms with Gasteiger partial charge in [-0.25, -0.2) is 12.8 Å². The van der Waals surface area contributed by atoms with Gasteiger partial charge in [0.1, 0.15) is 5.82 Å². The topological polar surface area (TPSA) is 49.4 Å². The molecule has 0 saturated carbocycles. The second-order valence-corrected chi connectivity index (χ2v) is 6.92. The molecule has 4 nitrogen and oxygen atoms in total. The van der Waals surface area contributed by atoms with E-state index in [0.717, 1.165) is 25.8 Å². The van der Waals surface area contributed by atoms with Gasteiger partial charge in [-0.2, -0.15) is 4.31 Å². The third-order valence-corrected chi connectivity index (χ3v) is 5.59. The van der Waals surface area contributed by atoms with Gasteiger partial charge in [0.15, 0.2) is 0 Å². The van der Waals surface area contributed by atoms with Crippen molar-refractivity contribution in [3.63, 3.8) is 0 Å². The molecular weight excluding hydrogens is 279 g/mol. The number of nitrogens with one attached hydrogen (secondary N) is 1. The standard InChI is InChI=1S/C14H21FN2O2S/c1-2-16-11-13-5-3-4-10-17(13)20(18,19)14-8-6-12(15)7-9-14/h6-9,13,16H,2-5,10-11H2,1H3. The van der Waals surface area contributed by atoms with Gasteiger partial charge in [0, 0.05) is 19.1 Å². The van der Waals surface area contributed by atoms with E-state index in [1.165, 1.54) is 24.3 Å². The molecule has 1 aromatic carbocycles. The van der Waals surface area contributed by atoms with Crippen molar-refractivity contribution < 1.29 is 12.8 Å². The van der Waals surface area contributed by atoms with Crippen LogP contribution in [0.25, 0.3) is 0 Å². The quantitative estimate of drug-likeness (QED) is 0.904. The van der Waals surface area contributed by atoms with Crippen molar-refractivity contribution in [2.45, 2.75) is 37.1 Å². The maximum atomic E-state index is 12.9. The van der Waals surface area contributed by atoms with E-state index in [9.17, 15) is 12.8 Å². The third-order valence-electron chi connectivity index (χ3n) is 3.62. The molecule has 0 bridgehead atoms. The lowest BCUT2D eigenvalue weighted by Crippen LogP contribution is -2.48. The molecule has 1 atom stereocenters. The Morgan fingerprint density at radius 2 is 2.00 bits per heavy atom. The Bertz CT molecular complexity index is 531. The van der Waals surface area contributed by atoms with Crippen molar-refractivity contribution in [1.82, 2.24) is 9.62 Å². The molecule has 1 aliphatic rings. The zero-order valence-electron chi connectivity index (χ0n) is 11.7. The van der Waals surface area contributed by atoms with Crippen LogP contribution in [0, 0.1) is 5.82 Å². The van der Waals surface area contributed by atoms with Crippen LogP contribution in [0.4, 0.5) is 4.39 Å². The van der Waals surface area contributed by atoms with Crippen molar-refractivity contribution in [3.8, 4) is 0 Å². The molecule has 1 N–H and O–H groups in total. The minimum atomic E-state index is -3.53. The van der Waals surface area contributed by atoms with E-state index >= 15 is 0 Å². The lowest BCUT2D eigenvalue weighted by molar-refractivity contribution is 0.246. The number of likely N-dealkylation sites (N-methyl/N-ethyl adjacent to an activating group) is 1. The van der Waals surface area contributed by atoms with Gasteiger partial charge < -0.3 is 5.32 Å². The molecule has 1 saturated heterocycles. The fraction of sp³-hybridized carbons (Fsp3) is 0.571. The van der Waals surface area contributed by atoms with E-state index in [1.54, 1.807) is 4.31 Å². The largest absolute Gasteiger partial charge is 0.315 e. The number of sulfonamides is 1. The molecule has 1 aromatic rings. The van der Waals surface area contributed by atoms with Crippen molar-refractivity contribution in [2.24, 2.45) is 0 Å². The number of rotatable bonds is 5. The zero-order valence-corrected chi connectivity index (χ0v) is 12.5. The Balaban J connectivity index is 2.23. The number of benzene rings is 1. The average molecular weight is 300 g/mol. The first-order valence-electron chi connectivity index (χ1n) is 7.04. The van der Waals surface area contributed by atoms with E-state index in [2.05, 4.69) is 5.32 Å². The molecule has 1 unspecified atom stereocenters. The molecule has 0 aromatic heterocycles. The summed E-state index contributed by atoms with van der Waals surface area (Å²) in [5, 5.41) is 3.21. The van der Waals surface area contributed by atoms with Crippen LogP contribution >= 0.6 is 0 Å². The normalized spacial score (nSPS) is 21.0. The van der Waals surface area contributed by atoms with Crippen LogP contribution in [-0.4, -0.2) is 38.4 Å². The highest BCUT2D eigenvalue weighted by Crippen LogP contribution is 2.25. The van der Waals surface area contributed by atoms with E-state index in [4.69, 9.17) is 0 Å². The zero-order chi connectivity index (χ0) is 14.6. The Morgan fingerprint density at radius 3 is 2.65 bits per heavy atom. The summed E-state index contributed by atoms with van der Waals surface area (Å²) in [5.74, 6) is -0.424. The minimum absolute atomic E-state index is 0.0150. The van der Waals surface area contributed by atoms with Crippen LogP contribution in [0.3, 0.4) is 0 Å². The molecule has 0 amide bonds. The minimum Gasteiger partial charge on any atom is -0.315 e. The molecule has 6 heteroatoms. The predicted octanol–water partition coefficient (Wildman–Crippen LogP) is 1.98. The van der Waals surface area contributed by atoms with Gasteiger partial charge in [-0.05, 0) is 43.7 Å². The van der Waals surface area contributed by atoms with Crippen LogP contribution in [0.2, 0.25) is 0 Å². The second-order valence-electron chi connectivity index (χ2n) is 5.03. The van der Waals surface area contributed by atoms with Crippen LogP contribution < -0.4 is 5.32 Å². The highest BCUT2D eigenvalue weighted by atomic mass is 32.2. The molecular formula is C14H21FN2O2S. The molecule has 1 heterocycles. The summed E-state index contributed by atoms with van der Waals surface area (Å²) in [5.41, 5.74) is 0. The maximum absolute atomic E-state index is 12.9. The smallest absolute Gasteiger partial charge is 0.243 e. The van der Waals surface area contributed by atoms with Gasteiger partial charge >= 0.3 is 0 Å². The Labute approximate surface area is 120 Å². The Kier molecular flexibility index (Phi) is 5.12. The van der Waals surface area contributed by atoms with Crippen molar-refractivity contribution in [3.05, 3.63) is 30.1 Å². The molecule has 1 aliphatic heterocycles. The van der Waals surface area contributed by atoms with E-state index in [1.807, 2.05) is 6.92 Å². The van der Waals surface area contributed by atoms with Crippen LogP contribution in [0.1, 0.15) is 26.2 Å². The lowest BCUT2D eigenvalue weighted by Gasteiger charge is -2.34. The van der Waals surface area contributed by atoms with Gasteiger partial charge in [-0.1, -0.05) is 13.3 Å². The highest BCUT2D eigenvalue weighted by Gasteiger charge is 2.33. The first-order chi connectivity index (χ1) is 9.55. The number of hydrogen-bond acceptors (Lipinski definition) is 3. The molecule has 0 spiro atoms. The number of halogens is 1. The number of hydrogen-bond donors (Lipinski definition) is 1. The Hall–Kier alpha value is -0.980. The van der Waals surface area contributed by atoms with Gasteiger partial charge in [0.25, 0.3) is 0 Å². The summed E-state index contributed by atoms with van der Waals surface area (Å²) in [6.45, 7) is 4.02. The predicted molar refractivity (Wildman–Crippen MR) is 76.5 cm³/mol. The van der Waals surface area contributed by atoms with Gasteiger partial charge in [0.05, 0.1) is 4.90 Å². The van der Waals surface area contributed by atoms with Gasteiger partial charge in [0.2, 0.25) is 10.0 Å². The monoisotopic (exact) mass is 300 g/mol. The third kappa shape index (κ3) is 3.37. The Morgan fingerprint density at radius 1 is 1.30 bits per heavy atom. The number of nitrogens with zero attached hydrogens (tertiary/aromatic N) is 1. The first-order valence-corrected chi connectivity index (χ1v) is 8.48. The molecule has 0 radical (unpaired) electrons. The SMILES string of the molecule is CCNCC1CCCCN1S(=O)(=O)c1ccc(F)cc1. The van der Waals surface area contributed by atoms with Crippen LogP contribution in [-0.2, 0) is 10.0 Å². The van der Waals surface area contributed by atoms with Crippen molar-refractivity contribution in [1.29, 1.82) is 0 Å². The molecule has 2 rings (SSSR count). The molecule has 1 fully saturated rings. The first kappa shape index (κ1) is 15.4. The summed E-state index contributed by atoms with van der Waals surface area (Å²) in [6.07, 6.45) is 2.79. The fourth-order valence-corrected chi connectivity index (χ4v) is 4.24. The molecule has 0 aliphatic carbocycles.